The fourth-order valence-corrected chi connectivity index (χ4v) is 11.2. The van der Waals surface area contributed by atoms with E-state index in [-0.39, 0.29) is 18.7 Å². The molecule has 0 spiro atoms. The summed E-state index contributed by atoms with van der Waals surface area (Å²) in [6.45, 7) is 6.88. The van der Waals surface area contributed by atoms with Gasteiger partial charge in [0, 0.05) is 19.0 Å². The van der Waals surface area contributed by atoms with Crippen molar-refractivity contribution in [2.24, 2.45) is 11.8 Å². The molecule has 7 atom stereocenters. The van der Waals surface area contributed by atoms with Crippen LogP contribution in [0.25, 0.3) is 0 Å². The van der Waals surface area contributed by atoms with Crippen LogP contribution in [0.3, 0.4) is 0 Å². The topological polar surface area (TPSA) is 265 Å². The van der Waals surface area contributed by atoms with Crippen LogP contribution in [0.4, 0.5) is 5.82 Å². The van der Waals surface area contributed by atoms with Gasteiger partial charge in [-0.3, -0.25) is 23.2 Å². The van der Waals surface area contributed by atoms with E-state index < -0.39 is 83.7 Å². The molecule has 1 aromatic heterocycles. The molecule has 0 aromatic carbocycles. The molecule has 2 heterocycles. The highest BCUT2D eigenvalue weighted by atomic mass is 31.3. The normalized spacial score (nSPS) is 18.9. The molecular weight excluding hydrogens is 993 g/mol. The number of nitrogen functional groups attached to an aromatic ring is 1. The molecule has 18 nitrogen and oxygen atoms in total. The number of hydrogen-bond acceptors (Lipinski definition) is 15. The van der Waals surface area contributed by atoms with Gasteiger partial charge >= 0.3 is 33.3 Å². The molecule has 1 aliphatic heterocycles. The highest BCUT2D eigenvalue weighted by Gasteiger charge is 2.46. The number of rotatable bonds is 48. The Balaban J connectivity index is 1.74. The molecule has 20 heteroatoms. The number of aliphatic hydroxyl groups excluding tert-OH is 2. The molecule has 0 bridgehead atoms. The molecule has 1 aromatic rings. The molecule has 0 radical (unpaired) electrons. The number of nitrogens with two attached hydrogens (primary N) is 1. The van der Waals surface area contributed by atoms with Crippen LogP contribution in [0.1, 0.15) is 252 Å². The number of anilines is 1. The zero-order valence-electron chi connectivity index (χ0n) is 46.0. The van der Waals surface area contributed by atoms with E-state index in [9.17, 15) is 43.5 Å². The summed E-state index contributed by atoms with van der Waals surface area (Å²) in [5.41, 5.74) is 4.60. The molecular formula is C54H101N3O15P2. The Morgan fingerprint density at radius 2 is 1.00 bits per heavy atom. The van der Waals surface area contributed by atoms with Crippen molar-refractivity contribution in [2.45, 2.75) is 277 Å². The SMILES string of the molecule is CC(C)CCCCCCCCCCCCCCCCCCC(=O)OC[C@H](COP(=O)(O)OP(=O)(O)OC[C@H]1O[C@@H](n2ccc(N)nc2=O)C(O)[C@H]1O)OC(=O)CCCCCCCCCCCCCCCCC(C)C. The molecule has 0 amide bonds. The zero-order valence-corrected chi connectivity index (χ0v) is 47.8. The number of carbonyl (C=O) groups excluding carboxylic acids is 2. The van der Waals surface area contributed by atoms with Crippen LogP contribution in [0.2, 0.25) is 0 Å². The van der Waals surface area contributed by atoms with Gasteiger partial charge in [-0.15, -0.1) is 0 Å². The maximum absolute atomic E-state index is 12.9. The second kappa shape index (κ2) is 40.9. The first-order valence-electron chi connectivity index (χ1n) is 28.8. The van der Waals surface area contributed by atoms with Crippen molar-refractivity contribution >= 4 is 33.4 Å². The lowest BCUT2D eigenvalue weighted by Crippen LogP contribution is -2.36. The van der Waals surface area contributed by atoms with Gasteiger partial charge in [0.1, 0.15) is 30.7 Å². The number of aliphatic hydroxyl groups is 2. The lowest BCUT2D eigenvalue weighted by atomic mass is 10.0. The molecule has 3 unspecified atom stereocenters. The smallest absolute Gasteiger partial charge is 0.462 e. The predicted octanol–water partition coefficient (Wildman–Crippen LogP) is 12.7. The van der Waals surface area contributed by atoms with Crippen molar-refractivity contribution in [1.82, 2.24) is 9.55 Å². The van der Waals surface area contributed by atoms with Gasteiger partial charge < -0.3 is 39.9 Å². The lowest BCUT2D eigenvalue weighted by molar-refractivity contribution is -0.161. The number of carbonyl (C=O) groups is 2. The van der Waals surface area contributed by atoms with Crippen LogP contribution in [0, 0.1) is 11.8 Å². The number of esters is 2. The van der Waals surface area contributed by atoms with Gasteiger partial charge in [-0.2, -0.15) is 9.29 Å². The Kier molecular flexibility index (Phi) is 37.5. The average Bonchev–Trinajstić information content (AvgIpc) is 3.61. The fraction of sp³-hybridized carbons (Fsp3) is 0.889. The Morgan fingerprint density at radius 3 is 1.42 bits per heavy atom. The summed E-state index contributed by atoms with van der Waals surface area (Å²) < 4.78 is 57.0. The van der Waals surface area contributed by atoms with Crippen molar-refractivity contribution in [2.75, 3.05) is 25.6 Å². The molecule has 1 aliphatic rings. The zero-order chi connectivity index (χ0) is 54.5. The number of unbranched alkanes of at least 4 members (excludes halogenated alkanes) is 28. The van der Waals surface area contributed by atoms with E-state index in [0.717, 1.165) is 61.3 Å². The summed E-state index contributed by atoms with van der Waals surface area (Å²) in [7, 11) is -10.8. The number of phosphoric ester groups is 2. The largest absolute Gasteiger partial charge is 0.481 e. The van der Waals surface area contributed by atoms with E-state index >= 15 is 0 Å². The van der Waals surface area contributed by atoms with E-state index in [1.807, 2.05) is 0 Å². The van der Waals surface area contributed by atoms with Crippen LogP contribution in [-0.2, 0) is 46.3 Å². The van der Waals surface area contributed by atoms with Crippen LogP contribution in [0.5, 0.6) is 0 Å². The first-order chi connectivity index (χ1) is 35.4. The number of aromatic nitrogens is 2. The van der Waals surface area contributed by atoms with Gasteiger partial charge in [0.05, 0.1) is 13.2 Å². The van der Waals surface area contributed by atoms with Crippen LogP contribution in [-0.4, -0.2) is 85.7 Å². The third kappa shape index (κ3) is 34.5. The van der Waals surface area contributed by atoms with Crippen molar-refractivity contribution in [3.63, 3.8) is 0 Å². The monoisotopic (exact) mass is 1090 g/mol. The second-order valence-electron chi connectivity index (χ2n) is 21.5. The predicted molar refractivity (Wildman–Crippen MR) is 289 cm³/mol. The van der Waals surface area contributed by atoms with E-state index in [4.69, 9.17) is 29.0 Å². The average molecular weight is 1090 g/mol. The molecule has 0 saturated carbocycles. The molecule has 1 fully saturated rings. The van der Waals surface area contributed by atoms with Gasteiger partial charge in [0.25, 0.3) is 0 Å². The standard InChI is InChI=1S/C54H101N3O15P2/c1-44(2)35-31-27-23-19-15-11-7-5-6-8-13-17-21-25-29-33-37-49(58)67-41-46(70-50(59)38-34-30-26-22-18-14-10-9-12-16-20-24-28-32-36-45(3)4)42-68-73(63,64)72-74(65,66)69-43-47-51(60)52(61)53(71-47)57-40-39-48(55)56-54(57)62/h39-40,44-47,51-53,60-61H,5-38,41-43H2,1-4H3,(H,63,64)(H,65,66)(H2,55,56,62)/t46-,47-,51+,52?,53-/m1/s1. The summed E-state index contributed by atoms with van der Waals surface area (Å²) in [4.78, 5) is 62.1. The Morgan fingerprint density at radius 1 is 0.608 bits per heavy atom. The molecule has 1 saturated heterocycles. The minimum absolute atomic E-state index is 0.0574. The highest BCUT2D eigenvalue weighted by molar-refractivity contribution is 7.61. The van der Waals surface area contributed by atoms with Crippen molar-refractivity contribution in [3.05, 3.63) is 22.7 Å². The van der Waals surface area contributed by atoms with Gasteiger partial charge in [0.15, 0.2) is 12.3 Å². The van der Waals surface area contributed by atoms with Crippen molar-refractivity contribution in [1.29, 1.82) is 0 Å². The first kappa shape index (κ1) is 67.9. The number of ether oxygens (including phenoxy) is 3. The molecule has 74 heavy (non-hydrogen) atoms. The van der Waals surface area contributed by atoms with Crippen LogP contribution >= 0.6 is 15.6 Å². The fourth-order valence-electron chi connectivity index (χ4n) is 9.10. The van der Waals surface area contributed by atoms with Gasteiger partial charge in [-0.1, -0.05) is 220 Å². The Bertz CT molecular complexity index is 1770. The van der Waals surface area contributed by atoms with Crippen molar-refractivity contribution in [3.8, 4) is 0 Å². The third-order valence-electron chi connectivity index (χ3n) is 13.5. The van der Waals surface area contributed by atoms with Crippen molar-refractivity contribution < 1.29 is 66.3 Å². The minimum atomic E-state index is -5.42. The maximum atomic E-state index is 12.9. The summed E-state index contributed by atoms with van der Waals surface area (Å²) in [6.07, 6.45) is 31.8. The highest BCUT2D eigenvalue weighted by Crippen LogP contribution is 2.60. The maximum Gasteiger partial charge on any atom is 0.481 e. The van der Waals surface area contributed by atoms with E-state index in [1.54, 1.807) is 0 Å². The summed E-state index contributed by atoms with van der Waals surface area (Å²) in [5.74, 6) is 0.334. The molecule has 2 rings (SSSR count). The lowest BCUT2D eigenvalue weighted by Gasteiger charge is -2.21. The van der Waals surface area contributed by atoms with Gasteiger partial charge in [-0.05, 0) is 30.7 Å². The van der Waals surface area contributed by atoms with E-state index in [1.165, 1.54) is 160 Å². The van der Waals surface area contributed by atoms with Gasteiger partial charge in [0.2, 0.25) is 0 Å². The molecule has 0 aliphatic carbocycles. The molecule has 6 N–H and O–H groups in total. The Hall–Kier alpha value is -2.24. The third-order valence-corrected chi connectivity index (χ3v) is 16.1. The number of hydrogen-bond donors (Lipinski definition) is 5. The summed E-state index contributed by atoms with van der Waals surface area (Å²) in [6, 6.07) is 1.25. The first-order valence-corrected chi connectivity index (χ1v) is 31.8. The quantitative estimate of drug-likeness (QED) is 0.0231. The summed E-state index contributed by atoms with van der Waals surface area (Å²) >= 11 is 0. The Labute approximate surface area is 444 Å². The second-order valence-corrected chi connectivity index (χ2v) is 24.5. The van der Waals surface area contributed by atoms with Crippen LogP contribution < -0.4 is 11.4 Å². The van der Waals surface area contributed by atoms with E-state index in [2.05, 4.69) is 37.0 Å². The van der Waals surface area contributed by atoms with E-state index in [0.29, 0.717) is 12.8 Å². The van der Waals surface area contributed by atoms with Crippen LogP contribution in [0.15, 0.2) is 17.1 Å². The minimum Gasteiger partial charge on any atom is -0.462 e. The summed E-state index contributed by atoms with van der Waals surface area (Å²) in [5, 5.41) is 21.0. The van der Waals surface area contributed by atoms with Gasteiger partial charge in [-0.25, -0.2) is 13.9 Å². The molecule has 432 valence electrons. The number of phosphoric acid groups is 2. The number of nitrogens with zero attached hydrogens (tertiary/aromatic N) is 2.